The van der Waals surface area contributed by atoms with Crippen molar-refractivity contribution in [3.8, 4) is 11.5 Å². The summed E-state index contributed by atoms with van der Waals surface area (Å²) in [5.41, 5.74) is 6.62. The van der Waals surface area contributed by atoms with E-state index in [0.29, 0.717) is 81.9 Å². The largest absolute Gasteiger partial charge is 0.491 e. The van der Waals surface area contributed by atoms with E-state index in [-0.39, 0.29) is 49.3 Å². The highest BCUT2D eigenvalue weighted by molar-refractivity contribution is 6.05. The molecule has 54 heavy (non-hydrogen) atoms. The maximum atomic E-state index is 13.6. The summed E-state index contributed by atoms with van der Waals surface area (Å²) >= 11 is 0. The lowest BCUT2D eigenvalue weighted by Crippen LogP contribution is -2.30. The fraction of sp³-hybridized carbons (Fsp3) is 0.324. The zero-order valence-electron chi connectivity index (χ0n) is 30.5. The van der Waals surface area contributed by atoms with Gasteiger partial charge in [-0.3, -0.25) is 30.4 Å². The van der Waals surface area contributed by atoms with Gasteiger partial charge in [-0.15, -0.1) is 0 Å². The van der Waals surface area contributed by atoms with Crippen LogP contribution in [0.2, 0.25) is 0 Å². The number of hydrogen-bond acceptors (Lipinski definition) is 12. The van der Waals surface area contributed by atoms with Gasteiger partial charge in [0.2, 0.25) is 23.4 Å². The zero-order chi connectivity index (χ0) is 38.1. The number of hydrazine groups is 1. The molecule has 280 valence electrons. The fourth-order valence-electron chi connectivity index (χ4n) is 6.45. The third kappa shape index (κ3) is 6.88. The van der Waals surface area contributed by atoms with Crippen molar-refractivity contribution in [2.24, 2.45) is 5.84 Å². The monoisotopic (exact) mass is 736 g/mol. The maximum absolute atomic E-state index is 13.6. The van der Waals surface area contributed by atoms with Crippen LogP contribution in [-0.2, 0) is 25.9 Å². The number of carbonyl (C=O) groups is 3. The van der Waals surface area contributed by atoms with E-state index >= 15 is 0 Å². The Hall–Kier alpha value is -6.49. The van der Waals surface area contributed by atoms with Crippen molar-refractivity contribution < 1.29 is 32.7 Å². The lowest BCUT2D eigenvalue weighted by Gasteiger charge is -2.13. The number of allylic oxidation sites excluding steroid dienone is 2. The van der Waals surface area contributed by atoms with Crippen LogP contribution in [0.5, 0.6) is 11.5 Å². The van der Waals surface area contributed by atoms with E-state index < -0.39 is 17.7 Å². The highest BCUT2D eigenvalue weighted by Crippen LogP contribution is 2.34. The standard InChI is InChI=1S/C37H40N10O7/c1-6-23-31(53-20(4)39-23)34(49)43-36-41-25-15-19(3)16-27-29(25)46(36)11-8-9-12-47-30-26(17-22(33(48)45-38)18-28(30)52-14-10-13-51-27)42-37(47)44-35(50)32-24(7-2)40-21(5)54-32/h8-9,15-18H,6-7,10-14,38H2,1-5H3,(H,45,48)(H,41,43,49)(H,42,44,50)/b9-8-. The number of anilines is 2. The summed E-state index contributed by atoms with van der Waals surface area (Å²) in [5.74, 6) is 6.36. The topological polar surface area (TPSA) is 219 Å². The molecule has 3 amide bonds. The zero-order valence-corrected chi connectivity index (χ0v) is 30.5. The number of nitrogens with zero attached hydrogens (tertiary/aromatic N) is 6. The minimum Gasteiger partial charge on any atom is -0.491 e. The van der Waals surface area contributed by atoms with E-state index in [1.165, 1.54) is 0 Å². The number of imidazole rings is 2. The number of nitrogen functional groups attached to an aromatic ring is 1. The van der Waals surface area contributed by atoms with Crippen molar-refractivity contribution >= 4 is 51.7 Å². The lowest BCUT2D eigenvalue weighted by atomic mass is 10.1. The molecule has 0 spiro atoms. The van der Waals surface area contributed by atoms with Gasteiger partial charge >= 0.3 is 0 Å². The van der Waals surface area contributed by atoms with Gasteiger partial charge in [0.05, 0.1) is 35.6 Å². The summed E-state index contributed by atoms with van der Waals surface area (Å²) < 4.78 is 27.6. The molecule has 2 aromatic carbocycles. The van der Waals surface area contributed by atoms with Crippen LogP contribution < -0.4 is 31.4 Å². The van der Waals surface area contributed by atoms with Gasteiger partial charge in [0, 0.05) is 38.9 Å². The number of oxazole rings is 2. The quantitative estimate of drug-likeness (QED) is 0.0742. The van der Waals surface area contributed by atoms with Crippen LogP contribution in [-0.4, -0.2) is 60.0 Å². The molecule has 1 aliphatic heterocycles. The summed E-state index contributed by atoms with van der Waals surface area (Å²) in [6.45, 7) is 10.1. The highest BCUT2D eigenvalue weighted by atomic mass is 16.5. The second-order valence-corrected chi connectivity index (χ2v) is 12.7. The average Bonchev–Trinajstić information content (AvgIpc) is 3.91. The first-order chi connectivity index (χ1) is 26.1. The Kier molecular flexibility index (Phi) is 9.88. The maximum Gasteiger partial charge on any atom is 0.295 e. The molecule has 0 saturated heterocycles. The summed E-state index contributed by atoms with van der Waals surface area (Å²) in [4.78, 5) is 58.0. The second kappa shape index (κ2) is 14.9. The van der Waals surface area contributed by atoms with E-state index in [1.54, 1.807) is 30.5 Å². The Morgan fingerprint density at radius 2 is 1.20 bits per heavy atom. The van der Waals surface area contributed by atoms with Crippen LogP contribution in [0.3, 0.4) is 0 Å². The van der Waals surface area contributed by atoms with Crippen LogP contribution >= 0.6 is 0 Å². The van der Waals surface area contributed by atoms with Crippen LogP contribution in [0.15, 0.2) is 45.3 Å². The number of aryl methyl sites for hydroxylation is 5. The van der Waals surface area contributed by atoms with Crippen LogP contribution in [0, 0.1) is 20.8 Å². The van der Waals surface area contributed by atoms with Gasteiger partial charge in [-0.1, -0.05) is 26.0 Å². The van der Waals surface area contributed by atoms with E-state index in [0.717, 1.165) is 5.56 Å². The molecule has 5 N–H and O–H groups in total. The molecule has 17 nitrogen and oxygen atoms in total. The van der Waals surface area contributed by atoms with Gasteiger partial charge in [-0.05, 0) is 49.6 Å². The Balaban J connectivity index is 1.30. The molecule has 0 atom stereocenters. The Labute approximate surface area is 308 Å². The Morgan fingerprint density at radius 1 is 0.704 bits per heavy atom. The highest BCUT2D eigenvalue weighted by Gasteiger charge is 2.25. The van der Waals surface area contributed by atoms with Gasteiger partial charge in [-0.2, -0.15) is 0 Å². The Morgan fingerprint density at radius 3 is 1.70 bits per heavy atom. The normalized spacial score (nSPS) is 13.8. The summed E-state index contributed by atoms with van der Waals surface area (Å²) in [6, 6.07) is 7.01. The summed E-state index contributed by atoms with van der Waals surface area (Å²) in [5, 5.41) is 5.81. The van der Waals surface area contributed by atoms with Crippen LogP contribution in [0.4, 0.5) is 11.9 Å². The molecular formula is C37H40N10O7. The third-order valence-electron chi connectivity index (χ3n) is 8.84. The molecule has 0 saturated carbocycles. The molecule has 0 fully saturated rings. The molecule has 7 rings (SSSR count). The number of rotatable bonds is 7. The molecule has 0 bridgehead atoms. The number of hydrogen-bond donors (Lipinski definition) is 4. The predicted octanol–water partition coefficient (Wildman–Crippen LogP) is 4.94. The fourth-order valence-corrected chi connectivity index (χ4v) is 6.45. The summed E-state index contributed by atoms with van der Waals surface area (Å²) in [6.07, 6.45) is 5.26. The number of ether oxygens (including phenoxy) is 2. The SMILES string of the molecule is CCc1nc(C)oc1C(=O)Nc1nc2cc(C)cc3c2n1C/C=C\Cn1c(NC(=O)c2oc(C)nc2CC)nc2cc(C(=O)NN)cc(c21)OCCCO3. The van der Waals surface area contributed by atoms with E-state index in [4.69, 9.17) is 34.1 Å². The molecule has 0 aliphatic carbocycles. The number of aromatic nitrogens is 6. The molecule has 5 heterocycles. The van der Waals surface area contributed by atoms with Crippen molar-refractivity contribution in [1.29, 1.82) is 0 Å². The number of amides is 3. The van der Waals surface area contributed by atoms with Crippen molar-refractivity contribution in [2.45, 2.75) is 67.0 Å². The second-order valence-electron chi connectivity index (χ2n) is 12.7. The summed E-state index contributed by atoms with van der Waals surface area (Å²) in [7, 11) is 0. The van der Waals surface area contributed by atoms with Crippen molar-refractivity contribution in [2.75, 3.05) is 23.8 Å². The first kappa shape index (κ1) is 35.9. The minimum atomic E-state index is -0.535. The van der Waals surface area contributed by atoms with Gasteiger partial charge < -0.3 is 27.4 Å². The van der Waals surface area contributed by atoms with Crippen molar-refractivity contribution in [3.63, 3.8) is 0 Å². The molecule has 1 aliphatic rings. The van der Waals surface area contributed by atoms with Crippen LogP contribution in [0.1, 0.15) is 80.5 Å². The smallest absolute Gasteiger partial charge is 0.295 e. The first-order valence-corrected chi connectivity index (χ1v) is 17.6. The molecule has 6 aromatic rings. The van der Waals surface area contributed by atoms with Gasteiger partial charge in [0.15, 0.2) is 11.8 Å². The van der Waals surface area contributed by atoms with E-state index in [1.807, 2.05) is 49.6 Å². The lowest BCUT2D eigenvalue weighted by molar-refractivity contribution is 0.0951. The molecular weight excluding hydrogens is 696 g/mol. The Bertz CT molecular complexity index is 2450. The number of carbonyl (C=O) groups excluding carboxylic acids is 3. The number of benzene rings is 2. The number of nitrogens with two attached hydrogens (primary N) is 1. The molecule has 17 heteroatoms. The number of nitrogens with one attached hydrogen (secondary N) is 3. The predicted molar refractivity (Wildman–Crippen MR) is 198 cm³/mol. The first-order valence-electron chi connectivity index (χ1n) is 17.6. The van der Waals surface area contributed by atoms with Gasteiger partial charge in [-0.25, -0.2) is 25.8 Å². The van der Waals surface area contributed by atoms with E-state index in [2.05, 4.69) is 26.0 Å². The molecule has 4 aromatic heterocycles. The average molecular weight is 737 g/mol. The van der Waals surface area contributed by atoms with Gasteiger partial charge in [0.1, 0.15) is 22.5 Å². The van der Waals surface area contributed by atoms with Gasteiger partial charge in [0.25, 0.3) is 17.7 Å². The van der Waals surface area contributed by atoms with Crippen molar-refractivity contribution in [3.05, 3.63) is 82.2 Å². The van der Waals surface area contributed by atoms with Crippen LogP contribution in [0.25, 0.3) is 22.1 Å². The van der Waals surface area contributed by atoms with E-state index in [9.17, 15) is 14.4 Å². The van der Waals surface area contributed by atoms with Crippen molar-refractivity contribution in [1.82, 2.24) is 34.5 Å². The third-order valence-corrected chi connectivity index (χ3v) is 8.84. The molecule has 0 radical (unpaired) electrons. The minimum absolute atomic E-state index is 0.0846. The molecule has 0 unspecified atom stereocenters.